The molecule has 1 aliphatic heterocycles. The van der Waals surface area contributed by atoms with Gasteiger partial charge in [0.2, 0.25) is 0 Å². The molecular formula is C17H18N6S. The molecule has 0 atom stereocenters. The van der Waals surface area contributed by atoms with E-state index in [2.05, 4.69) is 38.7 Å². The van der Waals surface area contributed by atoms with E-state index in [0.29, 0.717) is 5.82 Å². The summed E-state index contributed by atoms with van der Waals surface area (Å²) in [7, 11) is 0. The van der Waals surface area contributed by atoms with Gasteiger partial charge in [0.15, 0.2) is 5.82 Å². The van der Waals surface area contributed by atoms with Crippen LogP contribution in [0.25, 0.3) is 11.4 Å². The molecule has 3 aromatic heterocycles. The number of aromatic nitrogens is 5. The van der Waals surface area contributed by atoms with Crippen LogP contribution in [0.4, 0.5) is 0 Å². The fourth-order valence-electron chi connectivity index (χ4n) is 2.99. The molecule has 0 saturated carbocycles. The van der Waals surface area contributed by atoms with E-state index in [4.69, 9.17) is 4.98 Å². The van der Waals surface area contributed by atoms with Gasteiger partial charge in [-0.25, -0.2) is 24.9 Å². The summed E-state index contributed by atoms with van der Waals surface area (Å²) in [6.07, 6.45) is 7.90. The van der Waals surface area contributed by atoms with Crippen molar-refractivity contribution < 1.29 is 0 Å². The first kappa shape index (κ1) is 15.3. The summed E-state index contributed by atoms with van der Waals surface area (Å²) >= 11 is 1.79. The highest BCUT2D eigenvalue weighted by Crippen LogP contribution is 2.24. The minimum absolute atomic E-state index is 0.705. The Labute approximate surface area is 144 Å². The van der Waals surface area contributed by atoms with Crippen molar-refractivity contribution in [1.82, 2.24) is 29.8 Å². The van der Waals surface area contributed by atoms with Gasteiger partial charge in [0.1, 0.15) is 6.33 Å². The van der Waals surface area contributed by atoms with Crippen molar-refractivity contribution in [2.24, 2.45) is 0 Å². The minimum Gasteiger partial charge on any atom is -0.293 e. The molecule has 0 aliphatic carbocycles. The number of hydrogen-bond donors (Lipinski definition) is 0. The second-order valence-corrected chi connectivity index (χ2v) is 7.28. The Morgan fingerprint density at radius 1 is 1.12 bits per heavy atom. The summed E-state index contributed by atoms with van der Waals surface area (Å²) in [5.41, 5.74) is 4.36. The average Bonchev–Trinajstić information content (AvgIpc) is 2.92. The topological polar surface area (TPSA) is 67.7 Å². The third kappa shape index (κ3) is 3.05. The van der Waals surface area contributed by atoms with Crippen LogP contribution in [0.1, 0.15) is 26.8 Å². The highest BCUT2D eigenvalue weighted by molar-refractivity contribution is 7.11. The maximum atomic E-state index is 4.72. The third-order valence-corrected chi connectivity index (χ3v) is 5.26. The van der Waals surface area contributed by atoms with Crippen LogP contribution in [0.15, 0.2) is 24.9 Å². The second-order valence-electron chi connectivity index (χ2n) is 5.99. The Morgan fingerprint density at radius 3 is 2.71 bits per heavy atom. The zero-order valence-electron chi connectivity index (χ0n) is 13.7. The fourth-order valence-corrected chi connectivity index (χ4v) is 3.97. The molecule has 1 aliphatic rings. The van der Waals surface area contributed by atoms with Crippen molar-refractivity contribution in [2.75, 3.05) is 6.54 Å². The molecule has 3 aromatic rings. The van der Waals surface area contributed by atoms with Crippen LogP contribution in [0.2, 0.25) is 0 Å². The van der Waals surface area contributed by atoms with Gasteiger partial charge in [-0.3, -0.25) is 4.90 Å². The number of nitrogens with zero attached hydrogens (tertiary/aromatic N) is 6. The Hall–Kier alpha value is -2.25. The zero-order chi connectivity index (χ0) is 16.5. The summed E-state index contributed by atoms with van der Waals surface area (Å²) < 4.78 is 0. The van der Waals surface area contributed by atoms with E-state index in [1.165, 1.54) is 16.8 Å². The summed E-state index contributed by atoms with van der Waals surface area (Å²) in [6.45, 7) is 7.00. The summed E-state index contributed by atoms with van der Waals surface area (Å²) in [5.74, 6) is 0.705. The number of rotatable bonds is 3. The predicted octanol–water partition coefficient (Wildman–Crippen LogP) is 2.57. The molecule has 0 aromatic carbocycles. The largest absolute Gasteiger partial charge is 0.293 e. The van der Waals surface area contributed by atoms with Crippen LogP contribution < -0.4 is 0 Å². The van der Waals surface area contributed by atoms with Crippen LogP contribution in [-0.2, 0) is 19.5 Å². The molecule has 0 bridgehead atoms. The van der Waals surface area contributed by atoms with Crippen LogP contribution in [0, 0.1) is 13.8 Å². The van der Waals surface area contributed by atoms with Crippen LogP contribution in [-0.4, -0.2) is 36.4 Å². The molecule has 0 fully saturated rings. The lowest BCUT2D eigenvalue weighted by molar-refractivity contribution is 0.244. The summed E-state index contributed by atoms with van der Waals surface area (Å²) in [5, 5.41) is 1.14. The number of thiazole rings is 1. The molecule has 24 heavy (non-hydrogen) atoms. The smallest absolute Gasteiger partial charge is 0.162 e. The minimum atomic E-state index is 0.705. The molecule has 122 valence electrons. The van der Waals surface area contributed by atoms with Gasteiger partial charge in [-0.05, 0) is 13.8 Å². The van der Waals surface area contributed by atoms with Gasteiger partial charge in [-0.1, -0.05) is 0 Å². The van der Waals surface area contributed by atoms with Crippen molar-refractivity contribution in [1.29, 1.82) is 0 Å². The lowest BCUT2D eigenvalue weighted by Crippen LogP contribution is -2.30. The normalized spacial score (nSPS) is 14.6. The van der Waals surface area contributed by atoms with E-state index in [1.807, 2.05) is 6.20 Å². The van der Waals surface area contributed by atoms with E-state index >= 15 is 0 Å². The van der Waals surface area contributed by atoms with Crippen molar-refractivity contribution >= 4 is 11.3 Å². The maximum absolute atomic E-state index is 4.72. The van der Waals surface area contributed by atoms with Gasteiger partial charge in [0.25, 0.3) is 0 Å². The lowest BCUT2D eigenvalue weighted by Gasteiger charge is -2.27. The average molecular weight is 338 g/mol. The fraction of sp³-hybridized carbons (Fsp3) is 0.353. The van der Waals surface area contributed by atoms with E-state index in [-0.39, 0.29) is 0 Å². The molecule has 7 heteroatoms. The first-order chi connectivity index (χ1) is 11.7. The van der Waals surface area contributed by atoms with Crippen molar-refractivity contribution in [3.8, 4) is 11.4 Å². The van der Waals surface area contributed by atoms with Crippen molar-refractivity contribution in [3.63, 3.8) is 0 Å². The first-order valence-corrected chi connectivity index (χ1v) is 8.76. The van der Waals surface area contributed by atoms with Gasteiger partial charge in [-0.2, -0.15) is 0 Å². The second kappa shape index (κ2) is 6.33. The highest BCUT2D eigenvalue weighted by Gasteiger charge is 2.20. The van der Waals surface area contributed by atoms with E-state index in [1.54, 1.807) is 23.7 Å². The van der Waals surface area contributed by atoms with Crippen molar-refractivity contribution in [2.45, 2.75) is 33.4 Å². The highest BCUT2D eigenvalue weighted by atomic mass is 32.1. The molecule has 0 radical (unpaired) electrons. The molecule has 0 unspecified atom stereocenters. The maximum Gasteiger partial charge on any atom is 0.162 e. The molecule has 4 heterocycles. The Morgan fingerprint density at radius 2 is 1.96 bits per heavy atom. The standard InChI is InChI=1S/C17H18N6S/c1-11-16(24-12(2)21-11)9-23-4-3-15-14(8-23)7-20-17(22-15)13-5-18-10-19-6-13/h5-7,10H,3-4,8-9H2,1-2H3. The Balaban J connectivity index is 1.53. The predicted molar refractivity (Wildman–Crippen MR) is 92.5 cm³/mol. The molecule has 0 N–H and O–H groups in total. The van der Waals surface area contributed by atoms with E-state index in [9.17, 15) is 0 Å². The molecule has 0 amide bonds. The number of hydrogen-bond acceptors (Lipinski definition) is 7. The molecule has 6 nitrogen and oxygen atoms in total. The number of fused-ring (bicyclic) bond motifs is 1. The summed E-state index contributed by atoms with van der Waals surface area (Å²) in [6, 6.07) is 0. The molecule has 0 saturated heterocycles. The van der Waals surface area contributed by atoms with Gasteiger partial charge in [0, 0.05) is 55.1 Å². The van der Waals surface area contributed by atoms with Crippen LogP contribution >= 0.6 is 11.3 Å². The number of aryl methyl sites for hydroxylation is 2. The summed E-state index contributed by atoms with van der Waals surface area (Å²) in [4.78, 5) is 25.6. The van der Waals surface area contributed by atoms with Crippen LogP contribution in [0.5, 0.6) is 0 Å². The SMILES string of the molecule is Cc1nc(C)c(CN2CCc3nc(-c4cncnc4)ncc3C2)s1. The monoisotopic (exact) mass is 338 g/mol. The van der Waals surface area contributed by atoms with Gasteiger partial charge < -0.3 is 0 Å². The first-order valence-electron chi connectivity index (χ1n) is 7.94. The van der Waals surface area contributed by atoms with Crippen molar-refractivity contribution in [3.05, 3.63) is 51.8 Å². The zero-order valence-corrected chi connectivity index (χ0v) is 14.5. The molecule has 4 rings (SSSR count). The quantitative estimate of drug-likeness (QED) is 0.731. The van der Waals surface area contributed by atoms with Crippen LogP contribution in [0.3, 0.4) is 0 Å². The van der Waals surface area contributed by atoms with Gasteiger partial charge in [-0.15, -0.1) is 11.3 Å². The van der Waals surface area contributed by atoms with Gasteiger partial charge >= 0.3 is 0 Å². The molecular weight excluding hydrogens is 320 g/mol. The third-order valence-electron chi connectivity index (χ3n) is 4.20. The Bertz CT molecular complexity index is 861. The van der Waals surface area contributed by atoms with Gasteiger partial charge in [0.05, 0.1) is 22.0 Å². The van der Waals surface area contributed by atoms with E-state index < -0.39 is 0 Å². The Kier molecular flexibility index (Phi) is 4.03. The lowest BCUT2D eigenvalue weighted by atomic mass is 10.1. The van der Waals surface area contributed by atoms with E-state index in [0.717, 1.165) is 48.0 Å². The molecule has 0 spiro atoms.